The molecule has 2 atom stereocenters. The summed E-state index contributed by atoms with van der Waals surface area (Å²) in [6.45, 7) is 17.3. The second-order valence-corrected chi connectivity index (χ2v) is 14.6. The third-order valence-electron chi connectivity index (χ3n) is 8.14. The summed E-state index contributed by atoms with van der Waals surface area (Å²) in [7, 11) is -3.00. The Morgan fingerprint density at radius 2 is 1.98 bits per heavy atom. The smallest absolute Gasteiger partial charge is 0.227 e. The number of nitrogens with one attached hydrogen (secondary N) is 1. The van der Waals surface area contributed by atoms with Gasteiger partial charge in [-0.05, 0) is 54.5 Å². The average molecular weight is 587 g/mol. The van der Waals surface area contributed by atoms with Crippen LogP contribution in [0.5, 0.6) is 0 Å². The van der Waals surface area contributed by atoms with Crippen LogP contribution in [-0.4, -0.2) is 80.2 Å². The maximum absolute atomic E-state index is 14.6. The lowest BCUT2D eigenvalue weighted by atomic mass is 9.80. The van der Waals surface area contributed by atoms with Crippen LogP contribution in [0, 0.1) is 18.3 Å². The Balaban J connectivity index is 1.58. The number of nitrogens with zero attached hydrogens (tertiary/aromatic N) is 5. The molecule has 2 fully saturated rings. The van der Waals surface area contributed by atoms with E-state index in [2.05, 4.69) is 64.8 Å². The van der Waals surface area contributed by atoms with Crippen LogP contribution in [0.2, 0.25) is 0 Å². The Morgan fingerprint density at radius 3 is 2.59 bits per heavy atom. The van der Waals surface area contributed by atoms with Crippen molar-refractivity contribution >= 4 is 40.1 Å². The zero-order valence-electron chi connectivity index (χ0n) is 24.9. The number of aliphatic hydroxyl groups excluding tert-OH is 1. The molecule has 2 aliphatic rings. The summed E-state index contributed by atoms with van der Waals surface area (Å²) >= 11 is 0. The van der Waals surface area contributed by atoms with Crippen molar-refractivity contribution in [3.8, 4) is 0 Å². The summed E-state index contributed by atoms with van der Waals surface area (Å²) in [4.78, 5) is 17.2. The Kier molecular flexibility index (Phi) is 9.08. The summed E-state index contributed by atoms with van der Waals surface area (Å²) in [5, 5.41) is 13.5. The van der Waals surface area contributed by atoms with Gasteiger partial charge in [0.2, 0.25) is 5.95 Å². The molecule has 9 nitrogen and oxygen atoms in total. The number of benzene rings is 1. The van der Waals surface area contributed by atoms with Crippen LogP contribution in [0.15, 0.2) is 35.2 Å². The first-order valence-electron chi connectivity index (χ1n) is 14.2. The van der Waals surface area contributed by atoms with Gasteiger partial charge in [0.15, 0.2) is 0 Å². The highest BCUT2D eigenvalue weighted by Crippen LogP contribution is 2.36. The molecule has 1 aromatic carbocycles. The molecular weight excluding hydrogens is 543 g/mol. The second-order valence-electron chi connectivity index (χ2n) is 12.2. The number of aromatic nitrogens is 2. The highest BCUT2D eigenvalue weighted by atomic mass is 32.2. The molecule has 1 aromatic heterocycles. The quantitative estimate of drug-likeness (QED) is 0.394. The van der Waals surface area contributed by atoms with E-state index < -0.39 is 27.5 Å². The fourth-order valence-corrected chi connectivity index (χ4v) is 6.85. The Morgan fingerprint density at radius 1 is 1.27 bits per heavy atom. The van der Waals surface area contributed by atoms with Gasteiger partial charge in [-0.1, -0.05) is 40.7 Å². The first-order chi connectivity index (χ1) is 19.2. The molecular formula is C30H43FN6O3S. The molecule has 0 amide bonds. The van der Waals surface area contributed by atoms with Gasteiger partial charge in [0.25, 0.3) is 0 Å². The van der Waals surface area contributed by atoms with E-state index >= 15 is 0 Å². The number of halogens is 1. The van der Waals surface area contributed by atoms with E-state index in [0.29, 0.717) is 37.2 Å². The number of aliphatic hydroxyl groups is 1. The molecule has 224 valence electrons. The van der Waals surface area contributed by atoms with Gasteiger partial charge in [-0.25, -0.2) is 22.8 Å². The normalized spacial score (nSPS) is 21.6. The third-order valence-corrected chi connectivity index (χ3v) is 10.00. The van der Waals surface area contributed by atoms with Crippen LogP contribution in [0.25, 0.3) is 6.08 Å². The topological polar surface area (TPSA) is 111 Å². The van der Waals surface area contributed by atoms with Crippen molar-refractivity contribution < 1.29 is 17.9 Å². The van der Waals surface area contributed by atoms with Crippen molar-refractivity contribution in [2.45, 2.75) is 59.7 Å². The van der Waals surface area contributed by atoms with Crippen LogP contribution in [0.3, 0.4) is 0 Å². The number of piperidine rings is 1. The molecule has 3 heterocycles. The Labute approximate surface area is 243 Å². The number of aliphatic imine (C=N–C) groups is 1. The molecule has 11 heteroatoms. The van der Waals surface area contributed by atoms with Crippen molar-refractivity contribution in [3.63, 3.8) is 0 Å². The monoisotopic (exact) mass is 586 g/mol. The number of hydrogen-bond donors (Lipinski definition) is 2. The highest BCUT2D eigenvalue weighted by molar-refractivity contribution is 7.91. The van der Waals surface area contributed by atoms with Gasteiger partial charge in [0, 0.05) is 48.6 Å². The predicted molar refractivity (Wildman–Crippen MR) is 165 cm³/mol. The van der Waals surface area contributed by atoms with E-state index in [1.807, 2.05) is 19.9 Å². The van der Waals surface area contributed by atoms with Gasteiger partial charge in [0.05, 0.1) is 18.4 Å². The minimum atomic E-state index is -3.00. The van der Waals surface area contributed by atoms with E-state index in [0.717, 1.165) is 22.4 Å². The molecule has 0 spiro atoms. The number of anilines is 3. The minimum Gasteiger partial charge on any atom is -0.389 e. The molecule has 0 unspecified atom stereocenters. The minimum absolute atomic E-state index is 0.0158. The molecule has 2 aliphatic heterocycles. The van der Waals surface area contributed by atoms with Gasteiger partial charge in [-0.3, -0.25) is 0 Å². The van der Waals surface area contributed by atoms with Crippen LogP contribution < -0.4 is 15.1 Å². The SMILES string of the molecule is C=N/C(=C\c1c(C(C)C)ccc(N2CC(CS(=O)(=O)CC)C2)c1C)Nc1ccnc(N2C[C@H](F)[C@H](O)C(C)(C)C2)n1. The van der Waals surface area contributed by atoms with Crippen molar-refractivity contribution in [1.29, 1.82) is 0 Å². The Bertz CT molecular complexity index is 1400. The second kappa shape index (κ2) is 12.1. The van der Waals surface area contributed by atoms with Crippen LogP contribution in [0.4, 0.5) is 21.8 Å². The third kappa shape index (κ3) is 6.89. The van der Waals surface area contributed by atoms with E-state index in [9.17, 15) is 17.9 Å². The summed E-state index contributed by atoms with van der Waals surface area (Å²) < 4.78 is 38.7. The standard InChI is InChI=1S/C30H43FN6O3S/c1-8-41(39,40)17-21-14-36(15-21)25-10-9-22(19(2)3)23(20(25)4)13-27(32-7)34-26-11-12-33-29(35-26)37-16-24(31)28(38)30(5,6)18-37/h9-13,19,21,24,28,38H,7-8,14-18H2,1-6H3,(H,33,34,35)/b27-13+/t24-,28-/m0/s1. The fourth-order valence-electron chi connectivity index (χ4n) is 5.69. The predicted octanol–water partition coefficient (Wildman–Crippen LogP) is 4.44. The summed E-state index contributed by atoms with van der Waals surface area (Å²) in [5.41, 5.74) is 3.70. The summed E-state index contributed by atoms with van der Waals surface area (Å²) in [5.74, 6) is 2.18. The molecule has 2 aromatic rings. The lowest BCUT2D eigenvalue weighted by Crippen LogP contribution is -2.55. The first kappa shape index (κ1) is 30.9. The maximum Gasteiger partial charge on any atom is 0.227 e. The lowest BCUT2D eigenvalue weighted by Gasteiger charge is -2.43. The molecule has 0 aliphatic carbocycles. The van der Waals surface area contributed by atoms with Crippen molar-refractivity contribution in [3.05, 3.63) is 46.9 Å². The maximum atomic E-state index is 14.6. The largest absolute Gasteiger partial charge is 0.389 e. The molecule has 0 radical (unpaired) electrons. The highest BCUT2D eigenvalue weighted by Gasteiger charge is 2.42. The summed E-state index contributed by atoms with van der Waals surface area (Å²) in [6.07, 6.45) is 1.13. The molecule has 41 heavy (non-hydrogen) atoms. The van der Waals surface area contributed by atoms with Crippen molar-refractivity contribution in [2.75, 3.05) is 52.8 Å². The Hall–Kier alpha value is -3.05. The molecule has 0 saturated carbocycles. The molecule has 0 bridgehead atoms. The van der Waals surface area contributed by atoms with Gasteiger partial charge in [0.1, 0.15) is 27.6 Å². The number of hydrogen-bond acceptors (Lipinski definition) is 9. The van der Waals surface area contributed by atoms with Gasteiger partial charge < -0.3 is 20.2 Å². The molecule has 4 rings (SSSR count). The first-order valence-corrected chi connectivity index (χ1v) is 16.0. The zero-order valence-corrected chi connectivity index (χ0v) is 25.7. The zero-order chi connectivity index (χ0) is 30.1. The van der Waals surface area contributed by atoms with Gasteiger partial charge >= 0.3 is 0 Å². The number of sulfone groups is 1. The van der Waals surface area contributed by atoms with Crippen molar-refractivity contribution in [2.24, 2.45) is 16.3 Å². The van der Waals surface area contributed by atoms with Crippen LogP contribution >= 0.6 is 0 Å². The van der Waals surface area contributed by atoms with E-state index in [4.69, 9.17) is 0 Å². The van der Waals surface area contributed by atoms with Crippen LogP contribution in [-0.2, 0) is 9.84 Å². The van der Waals surface area contributed by atoms with Gasteiger partial charge in [-0.2, -0.15) is 4.98 Å². The molecule has 2 N–H and O–H groups in total. The number of rotatable bonds is 10. The van der Waals surface area contributed by atoms with E-state index in [1.54, 1.807) is 24.1 Å². The molecule has 2 saturated heterocycles. The average Bonchev–Trinajstić information content (AvgIpc) is 2.89. The number of alkyl halides is 1. The van der Waals surface area contributed by atoms with Crippen LogP contribution in [0.1, 0.15) is 57.2 Å². The van der Waals surface area contributed by atoms with Crippen molar-refractivity contribution in [1.82, 2.24) is 9.97 Å². The van der Waals surface area contributed by atoms with E-state index in [1.165, 1.54) is 0 Å². The van der Waals surface area contributed by atoms with E-state index in [-0.39, 0.29) is 29.9 Å². The van der Waals surface area contributed by atoms with Gasteiger partial charge in [-0.15, -0.1) is 0 Å². The summed E-state index contributed by atoms with van der Waals surface area (Å²) in [6, 6.07) is 5.96. The fraction of sp³-hybridized carbons (Fsp3) is 0.567. The lowest BCUT2D eigenvalue weighted by molar-refractivity contribution is -0.0257.